The molecule has 0 aliphatic carbocycles. The van der Waals surface area contributed by atoms with Crippen molar-refractivity contribution >= 4 is 33.5 Å². The van der Waals surface area contributed by atoms with E-state index in [9.17, 15) is 18.0 Å². The largest absolute Gasteiger partial charge is 0.462 e. The van der Waals surface area contributed by atoms with Gasteiger partial charge in [0.05, 0.1) is 22.8 Å². The van der Waals surface area contributed by atoms with Gasteiger partial charge in [0, 0.05) is 5.33 Å². The molecule has 0 spiro atoms. The molecule has 0 aliphatic heterocycles. The monoisotopic (exact) mass is 344 g/mol. The summed E-state index contributed by atoms with van der Waals surface area (Å²) >= 11 is 8.76. The van der Waals surface area contributed by atoms with E-state index in [1.165, 1.54) is 0 Å². The molecule has 1 aromatic carbocycles. The molecule has 1 rings (SSSR count). The fraction of sp³-hybridized carbons (Fsp3) is 0.364. The number of carbonyl (C=O) groups is 1. The lowest BCUT2D eigenvalue weighted by Crippen LogP contribution is -2.12. The number of hydrogen-bond acceptors (Lipinski definition) is 2. The summed E-state index contributed by atoms with van der Waals surface area (Å²) in [6.07, 6.45) is -4.51. The summed E-state index contributed by atoms with van der Waals surface area (Å²) in [5, 5.41) is -0.339. The van der Waals surface area contributed by atoms with Crippen LogP contribution in [-0.2, 0) is 16.2 Å². The molecule has 0 saturated heterocycles. The number of esters is 1. The predicted molar refractivity (Wildman–Crippen MR) is 65.0 cm³/mol. The van der Waals surface area contributed by atoms with Gasteiger partial charge in [0.2, 0.25) is 0 Å². The van der Waals surface area contributed by atoms with Crippen LogP contribution in [0.5, 0.6) is 0 Å². The van der Waals surface area contributed by atoms with E-state index in [0.29, 0.717) is 0 Å². The Labute approximate surface area is 115 Å². The molecule has 0 aromatic heterocycles. The minimum atomic E-state index is -4.51. The van der Waals surface area contributed by atoms with Crippen molar-refractivity contribution in [2.75, 3.05) is 6.61 Å². The number of rotatable bonds is 3. The molecule has 2 nitrogen and oxygen atoms in total. The zero-order valence-electron chi connectivity index (χ0n) is 9.28. The number of alkyl halides is 4. The number of carbonyl (C=O) groups excluding carboxylic acids is 1. The van der Waals surface area contributed by atoms with Gasteiger partial charge in [-0.3, -0.25) is 0 Å². The van der Waals surface area contributed by atoms with Crippen molar-refractivity contribution in [1.82, 2.24) is 0 Å². The number of benzene rings is 1. The Morgan fingerprint density at radius 2 is 2.06 bits per heavy atom. The molecule has 0 atom stereocenters. The molecule has 0 N–H and O–H groups in total. The molecular formula is C11H9BrClF3O2. The van der Waals surface area contributed by atoms with Gasteiger partial charge < -0.3 is 4.74 Å². The predicted octanol–water partition coefficient (Wildman–Crippen LogP) is 4.43. The Bertz CT molecular complexity index is 460. The van der Waals surface area contributed by atoms with Crippen molar-refractivity contribution in [1.29, 1.82) is 0 Å². The topological polar surface area (TPSA) is 26.3 Å². The molecule has 18 heavy (non-hydrogen) atoms. The first-order valence-electron chi connectivity index (χ1n) is 4.94. The first kappa shape index (κ1) is 15.3. The molecule has 100 valence electrons. The third kappa shape index (κ3) is 3.17. The van der Waals surface area contributed by atoms with Crippen molar-refractivity contribution in [2.24, 2.45) is 0 Å². The Balaban J connectivity index is 3.33. The second-order valence-electron chi connectivity index (χ2n) is 3.31. The zero-order chi connectivity index (χ0) is 13.9. The minimum Gasteiger partial charge on any atom is -0.462 e. The molecule has 0 bridgehead atoms. The van der Waals surface area contributed by atoms with Crippen LogP contribution >= 0.6 is 27.5 Å². The number of hydrogen-bond donors (Lipinski definition) is 0. The fourth-order valence-electron chi connectivity index (χ4n) is 1.38. The lowest BCUT2D eigenvalue weighted by atomic mass is 10.0. The summed E-state index contributed by atoms with van der Waals surface area (Å²) in [6.45, 7) is 1.72. The van der Waals surface area contributed by atoms with Crippen LogP contribution < -0.4 is 0 Å². The van der Waals surface area contributed by atoms with Gasteiger partial charge in [-0.1, -0.05) is 27.5 Å². The van der Waals surface area contributed by atoms with Crippen LogP contribution in [0.25, 0.3) is 0 Å². The minimum absolute atomic E-state index is 0.0685. The Morgan fingerprint density at radius 3 is 2.50 bits per heavy atom. The van der Waals surface area contributed by atoms with E-state index in [1.807, 2.05) is 0 Å². The van der Waals surface area contributed by atoms with E-state index >= 15 is 0 Å². The molecule has 0 saturated carbocycles. The lowest BCUT2D eigenvalue weighted by Gasteiger charge is -2.14. The first-order chi connectivity index (χ1) is 8.32. The van der Waals surface area contributed by atoms with Crippen LogP contribution in [0.2, 0.25) is 5.02 Å². The highest BCUT2D eigenvalue weighted by Gasteiger charge is 2.35. The second-order valence-corrected chi connectivity index (χ2v) is 4.24. The summed E-state index contributed by atoms with van der Waals surface area (Å²) in [6, 6.07) is 1.85. The Kier molecular flexibility index (Phi) is 5.04. The Hall–Kier alpha value is -0.750. The molecular weight excluding hydrogens is 336 g/mol. The normalized spacial score (nSPS) is 11.4. The van der Waals surface area contributed by atoms with Gasteiger partial charge in [0.1, 0.15) is 0 Å². The fourth-order valence-corrected chi connectivity index (χ4v) is 2.44. The molecule has 0 aliphatic rings. The molecule has 0 unspecified atom stereocenters. The van der Waals surface area contributed by atoms with E-state index in [0.717, 1.165) is 12.1 Å². The molecule has 1 aromatic rings. The van der Waals surface area contributed by atoms with Crippen LogP contribution in [0, 0.1) is 0 Å². The maximum Gasteiger partial charge on any atom is 0.416 e. The molecule has 0 fully saturated rings. The van der Waals surface area contributed by atoms with Gasteiger partial charge in [-0.25, -0.2) is 4.79 Å². The highest BCUT2D eigenvalue weighted by molar-refractivity contribution is 9.08. The summed E-state index contributed by atoms with van der Waals surface area (Å²) in [7, 11) is 0. The van der Waals surface area contributed by atoms with E-state index in [1.54, 1.807) is 6.92 Å². The van der Waals surface area contributed by atoms with Crippen molar-refractivity contribution in [3.63, 3.8) is 0 Å². The smallest absolute Gasteiger partial charge is 0.416 e. The van der Waals surface area contributed by atoms with Crippen LogP contribution in [0.1, 0.15) is 28.4 Å². The van der Waals surface area contributed by atoms with Gasteiger partial charge in [-0.15, -0.1) is 0 Å². The van der Waals surface area contributed by atoms with E-state index in [2.05, 4.69) is 15.9 Å². The van der Waals surface area contributed by atoms with Gasteiger partial charge in [-0.05, 0) is 24.6 Å². The van der Waals surface area contributed by atoms with Crippen LogP contribution in [-0.4, -0.2) is 12.6 Å². The van der Waals surface area contributed by atoms with Gasteiger partial charge in [-0.2, -0.15) is 13.2 Å². The van der Waals surface area contributed by atoms with Crippen molar-refractivity contribution in [3.8, 4) is 0 Å². The van der Waals surface area contributed by atoms with Gasteiger partial charge in [0.15, 0.2) is 0 Å². The SMILES string of the molecule is CCOC(=O)c1ccc(C(F)(F)F)c(CBr)c1Cl. The maximum atomic E-state index is 12.7. The van der Waals surface area contributed by atoms with Gasteiger partial charge >= 0.3 is 12.1 Å². The van der Waals surface area contributed by atoms with Crippen molar-refractivity contribution in [3.05, 3.63) is 33.8 Å². The van der Waals surface area contributed by atoms with E-state index < -0.39 is 17.7 Å². The second kappa shape index (κ2) is 5.93. The average Bonchev–Trinajstić information content (AvgIpc) is 2.27. The van der Waals surface area contributed by atoms with Gasteiger partial charge in [0.25, 0.3) is 0 Å². The van der Waals surface area contributed by atoms with Crippen LogP contribution in [0.3, 0.4) is 0 Å². The number of ether oxygens (including phenoxy) is 1. The third-order valence-corrected chi connectivity index (χ3v) is 3.17. The number of halogens is 5. The third-order valence-electron chi connectivity index (χ3n) is 2.18. The summed E-state index contributed by atoms with van der Waals surface area (Å²) in [5.41, 5.74) is -1.10. The standard InChI is InChI=1S/C11H9BrClF3O2/c1-2-18-10(17)6-3-4-8(11(14,15)16)7(5-12)9(6)13/h3-4H,2,5H2,1H3. The first-order valence-corrected chi connectivity index (χ1v) is 6.44. The lowest BCUT2D eigenvalue weighted by molar-refractivity contribution is -0.138. The highest BCUT2D eigenvalue weighted by Crippen LogP contribution is 2.37. The summed E-state index contributed by atoms with van der Waals surface area (Å²) < 4.78 is 42.8. The Morgan fingerprint density at radius 1 is 1.44 bits per heavy atom. The van der Waals surface area contributed by atoms with Crippen LogP contribution in [0.4, 0.5) is 13.2 Å². The zero-order valence-corrected chi connectivity index (χ0v) is 11.6. The maximum absolute atomic E-state index is 12.7. The van der Waals surface area contributed by atoms with Crippen molar-refractivity contribution < 1.29 is 22.7 Å². The molecule has 7 heteroatoms. The molecule has 0 amide bonds. The summed E-state index contributed by atoms with van der Waals surface area (Å²) in [4.78, 5) is 11.5. The van der Waals surface area contributed by atoms with Crippen molar-refractivity contribution in [2.45, 2.75) is 18.4 Å². The van der Waals surface area contributed by atoms with Crippen LogP contribution in [0.15, 0.2) is 12.1 Å². The average molecular weight is 346 g/mol. The quantitative estimate of drug-likeness (QED) is 0.598. The molecule has 0 heterocycles. The van der Waals surface area contributed by atoms with E-state index in [-0.39, 0.29) is 28.1 Å². The summed E-state index contributed by atoms with van der Waals surface area (Å²) in [5.74, 6) is -0.738. The highest BCUT2D eigenvalue weighted by atomic mass is 79.9. The molecule has 0 radical (unpaired) electrons. The van der Waals surface area contributed by atoms with E-state index in [4.69, 9.17) is 16.3 Å².